The number of aryl methyl sites for hydroxylation is 1. The molecule has 3 N–H and O–H groups in total. The molecule has 14 nitrogen and oxygen atoms in total. The minimum atomic E-state index is -0.421. The van der Waals surface area contributed by atoms with E-state index in [0.717, 1.165) is 33.3 Å². The number of nitrogens with zero attached hydrogens (tertiary/aromatic N) is 4. The average molecular weight is 840 g/mol. The van der Waals surface area contributed by atoms with Gasteiger partial charge >= 0.3 is 6.03 Å². The van der Waals surface area contributed by atoms with Gasteiger partial charge in [0.2, 0.25) is 5.88 Å². The number of benzene rings is 4. The number of methoxy groups -OCH3 is 1. The summed E-state index contributed by atoms with van der Waals surface area (Å²) in [5.74, 6) is 4.24. The number of terminal acetylenes is 1. The number of carbonyl (C=O) groups is 2. The van der Waals surface area contributed by atoms with E-state index in [1.54, 1.807) is 48.3 Å². The fourth-order valence-corrected chi connectivity index (χ4v) is 6.31. The second-order valence-electron chi connectivity index (χ2n) is 15.4. The van der Waals surface area contributed by atoms with Crippen molar-refractivity contribution >= 4 is 34.2 Å². The Labute approximate surface area is 362 Å². The molecule has 14 heteroatoms. The summed E-state index contributed by atoms with van der Waals surface area (Å²) in [6.45, 7) is 11.8. The predicted octanol–water partition coefficient (Wildman–Crippen LogP) is 7.86. The maximum Gasteiger partial charge on any atom is 0.324 e. The third-order valence-electron chi connectivity index (χ3n) is 9.52. The maximum atomic E-state index is 13.6. The first-order valence-corrected chi connectivity index (χ1v) is 20.4. The second-order valence-corrected chi connectivity index (χ2v) is 15.4. The fraction of sp³-hybridized carbons (Fsp3) is 0.312. The van der Waals surface area contributed by atoms with Crippen LogP contribution in [0.3, 0.4) is 0 Å². The van der Waals surface area contributed by atoms with Crippen LogP contribution in [-0.4, -0.2) is 91.6 Å². The number of aromatic nitrogens is 4. The fourth-order valence-electron chi connectivity index (χ4n) is 6.31. The number of ether oxygens (including phenoxy) is 5. The van der Waals surface area contributed by atoms with E-state index in [0.29, 0.717) is 99.3 Å². The maximum absolute atomic E-state index is 13.6. The van der Waals surface area contributed by atoms with E-state index >= 15 is 0 Å². The Morgan fingerprint density at radius 3 is 2.23 bits per heavy atom. The largest absolute Gasteiger partial charge is 0.438 e. The molecular weight excluding hydrogens is 787 g/mol. The Balaban J connectivity index is 1.07. The van der Waals surface area contributed by atoms with Crippen LogP contribution < -0.4 is 20.7 Å². The van der Waals surface area contributed by atoms with Crippen molar-refractivity contribution in [2.45, 2.75) is 39.5 Å². The number of hydrogen-bond donors (Lipinski definition) is 3. The molecule has 0 aliphatic heterocycles. The number of anilines is 2. The Bertz CT molecular complexity index is 2490. The highest BCUT2D eigenvalue weighted by molar-refractivity contribution is 6.07. The van der Waals surface area contributed by atoms with E-state index < -0.39 is 6.03 Å². The topological polar surface area (TPSA) is 160 Å². The highest BCUT2D eigenvalue weighted by Gasteiger charge is 2.22. The molecule has 6 rings (SSSR count). The zero-order valence-electron chi connectivity index (χ0n) is 35.8. The minimum Gasteiger partial charge on any atom is -0.438 e. The van der Waals surface area contributed by atoms with Crippen molar-refractivity contribution in [2.75, 3.05) is 70.5 Å². The summed E-state index contributed by atoms with van der Waals surface area (Å²) in [6.07, 6.45) is 7.68. The predicted molar refractivity (Wildman–Crippen MR) is 240 cm³/mol. The minimum absolute atomic E-state index is 0.233. The molecule has 2 heterocycles. The molecule has 0 saturated carbocycles. The molecule has 0 radical (unpaired) electrons. The van der Waals surface area contributed by atoms with Gasteiger partial charge in [-0.1, -0.05) is 68.7 Å². The van der Waals surface area contributed by atoms with Crippen LogP contribution in [0.15, 0.2) is 97.2 Å². The Kier molecular flexibility index (Phi) is 15.8. The van der Waals surface area contributed by atoms with Crippen LogP contribution in [0, 0.1) is 19.3 Å². The number of nitrogens with one attached hydrogen (secondary N) is 3. The highest BCUT2D eigenvalue weighted by Crippen LogP contribution is 2.34. The zero-order valence-corrected chi connectivity index (χ0v) is 35.8. The number of rotatable bonds is 20. The van der Waals surface area contributed by atoms with Crippen LogP contribution in [0.25, 0.3) is 16.5 Å². The van der Waals surface area contributed by atoms with E-state index in [1.165, 1.54) is 0 Å². The summed E-state index contributed by atoms with van der Waals surface area (Å²) in [5.41, 5.74) is 4.90. The van der Waals surface area contributed by atoms with Gasteiger partial charge in [0, 0.05) is 65.7 Å². The molecule has 0 saturated heterocycles. The van der Waals surface area contributed by atoms with Gasteiger partial charge in [0.15, 0.2) is 0 Å². The first kappa shape index (κ1) is 44.9. The van der Waals surface area contributed by atoms with E-state index in [9.17, 15) is 9.59 Å². The number of urea groups is 1. The van der Waals surface area contributed by atoms with E-state index in [4.69, 9.17) is 35.2 Å². The summed E-state index contributed by atoms with van der Waals surface area (Å²) in [6, 6.07) is 27.6. The summed E-state index contributed by atoms with van der Waals surface area (Å²) in [7, 11) is 1.63. The zero-order chi connectivity index (χ0) is 43.9. The Morgan fingerprint density at radius 1 is 0.806 bits per heavy atom. The van der Waals surface area contributed by atoms with Crippen LogP contribution in [0.4, 0.5) is 16.3 Å². The summed E-state index contributed by atoms with van der Waals surface area (Å²) < 4.78 is 29.4. The quantitative estimate of drug-likeness (QED) is 0.0511. The summed E-state index contributed by atoms with van der Waals surface area (Å²) >= 11 is 0. The molecule has 322 valence electrons. The van der Waals surface area contributed by atoms with Crippen molar-refractivity contribution in [3.63, 3.8) is 0 Å². The smallest absolute Gasteiger partial charge is 0.324 e. The molecule has 0 spiro atoms. The van der Waals surface area contributed by atoms with Gasteiger partial charge in [0.05, 0.1) is 63.3 Å². The molecule has 3 amide bonds. The lowest BCUT2D eigenvalue weighted by Gasteiger charge is -2.14. The van der Waals surface area contributed by atoms with Crippen molar-refractivity contribution < 1.29 is 33.3 Å². The van der Waals surface area contributed by atoms with Crippen LogP contribution in [0.1, 0.15) is 59.3 Å². The lowest BCUT2D eigenvalue weighted by molar-refractivity contribution is 0.00415. The second kappa shape index (κ2) is 21.8. The van der Waals surface area contributed by atoms with Crippen molar-refractivity contribution in [1.82, 2.24) is 25.1 Å². The molecule has 0 bridgehead atoms. The monoisotopic (exact) mass is 839 g/mol. The Hall–Kier alpha value is -6.63. The van der Waals surface area contributed by atoms with E-state index in [-0.39, 0.29) is 11.3 Å². The Morgan fingerprint density at radius 2 is 1.52 bits per heavy atom. The van der Waals surface area contributed by atoms with Gasteiger partial charge in [-0.3, -0.25) is 10.1 Å². The third-order valence-corrected chi connectivity index (χ3v) is 9.52. The summed E-state index contributed by atoms with van der Waals surface area (Å²) in [4.78, 5) is 35.8. The average Bonchev–Trinajstić information content (AvgIpc) is 3.69. The van der Waals surface area contributed by atoms with Gasteiger partial charge in [0.25, 0.3) is 5.91 Å². The van der Waals surface area contributed by atoms with Crippen molar-refractivity contribution in [2.24, 2.45) is 0 Å². The molecule has 2 aromatic heterocycles. The number of carbonyl (C=O) groups excluding carboxylic acids is 2. The molecule has 6 aromatic rings. The van der Waals surface area contributed by atoms with Gasteiger partial charge < -0.3 is 34.3 Å². The molecule has 0 fully saturated rings. The lowest BCUT2D eigenvalue weighted by Crippen LogP contribution is -2.28. The van der Waals surface area contributed by atoms with Crippen LogP contribution in [0.5, 0.6) is 11.6 Å². The number of fused-ring (bicyclic) bond motifs is 1. The number of amides is 3. The standard InChI is InChI=1S/C48H53N7O7/c1-7-34-28-35(30-36(29-34)46(56)50-20-21-59-24-25-61-27-26-60-23-22-58-6)31-43-49-19-18-45(52-43)62-41-17-16-40(38-10-8-9-11-39(38)41)51-47(57)53-44-32-42(48(3,4)5)54-55(44)37-14-12-33(2)13-15-37/h1,8-19,28-30,32H,20-27,31H2,2-6H3,(H,50,56)(H2,51,53,57). The van der Waals surface area contributed by atoms with Gasteiger partial charge in [-0.2, -0.15) is 10.1 Å². The van der Waals surface area contributed by atoms with Crippen molar-refractivity contribution in [3.05, 3.63) is 131 Å². The molecule has 0 atom stereocenters. The first-order chi connectivity index (χ1) is 30.0. The van der Waals surface area contributed by atoms with Crippen LogP contribution in [0.2, 0.25) is 0 Å². The molecule has 0 aliphatic carbocycles. The molecular formula is C48H53N7O7. The normalized spacial score (nSPS) is 11.3. The lowest BCUT2D eigenvalue weighted by atomic mass is 9.92. The number of hydrogen-bond acceptors (Lipinski definition) is 10. The molecule has 4 aromatic carbocycles. The third kappa shape index (κ3) is 12.7. The van der Waals surface area contributed by atoms with Gasteiger partial charge in [-0.15, -0.1) is 6.42 Å². The van der Waals surface area contributed by atoms with Gasteiger partial charge in [-0.25, -0.2) is 14.5 Å². The molecule has 0 unspecified atom stereocenters. The van der Waals surface area contributed by atoms with Crippen LogP contribution in [-0.2, 0) is 30.8 Å². The van der Waals surface area contributed by atoms with Gasteiger partial charge in [-0.05, 0) is 55.0 Å². The molecule has 0 aliphatic rings. The van der Waals surface area contributed by atoms with Crippen LogP contribution >= 0.6 is 0 Å². The van der Waals surface area contributed by atoms with E-state index in [1.807, 2.05) is 67.6 Å². The van der Waals surface area contributed by atoms with E-state index in [2.05, 4.69) is 52.6 Å². The SMILES string of the molecule is C#Cc1cc(Cc2nccc(Oc3ccc(NC(=O)Nc4cc(C(C)(C)C)nn4-c4ccc(C)cc4)c4ccccc34)n2)cc(C(=O)NCCOCCOCCOCCOC)c1. The highest BCUT2D eigenvalue weighted by atomic mass is 16.6. The van der Waals surface area contributed by atoms with Crippen molar-refractivity contribution in [3.8, 4) is 29.7 Å². The summed E-state index contributed by atoms with van der Waals surface area (Å²) in [5, 5.41) is 15.3. The van der Waals surface area contributed by atoms with Crippen molar-refractivity contribution in [1.29, 1.82) is 0 Å². The molecule has 62 heavy (non-hydrogen) atoms. The van der Waals surface area contributed by atoms with Gasteiger partial charge in [0.1, 0.15) is 17.4 Å². The first-order valence-electron chi connectivity index (χ1n) is 20.4.